The topological polar surface area (TPSA) is 75.6 Å². The zero-order chi connectivity index (χ0) is 16.1. The molecule has 1 aliphatic heterocycles. The van der Waals surface area contributed by atoms with Crippen LogP contribution in [0.2, 0.25) is 0 Å². The summed E-state index contributed by atoms with van der Waals surface area (Å²) in [4.78, 5) is 4.63. The Balaban J connectivity index is 1.28. The fourth-order valence-corrected chi connectivity index (χ4v) is 3.20. The molecule has 8 heteroatoms. The molecule has 124 valence electrons. The van der Waals surface area contributed by atoms with Gasteiger partial charge in [0.2, 0.25) is 0 Å². The van der Waals surface area contributed by atoms with Gasteiger partial charge in [-0.2, -0.15) is 4.52 Å². The molecule has 0 unspecified atom stereocenters. The van der Waals surface area contributed by atoms with Gasteiger partial charge in [-0.05, 0) is 32.0 Å². The quantitative estimate of drug-likeness (QED) is 0.700. The van der Waals surface area contributed by atoms with Gasteiger partial charge in [0.15, 0.2) is 11.5 Å². The molecular weight excluding hydrogens is 306 g/mol. The molecule has 3 aromatic rings. The second kappa shape index (κ2) is 5.27. The molecule has 8 nitrogen and oxygen atoms in total. The second-order valence-corrected chi connectivity index (χ2v) is 6.80. The van der Waals surface area contributed by atoms with Crippen LogP contribution in [-0.2, 0) is 6.54 Å². The van der Waals surface area contributed by atoms with Gasteiger partial charge in [-0.15, -0.1) is 15.3 Å². The normalized spacial score (nSPS) is 18.5. The van der Waals surface area contributed by atoms with Crippen molar-refractivity contribution in [2.75, 3.05) is 25.0 Å². The summed E-state index contributed by atoms with van der Waals surface area (Å²) in [6.45, 7) is 2.80. The lowest BCUT2D eigenvalue weighted by Gasteiger charge is -2.44. The smallest absolute Gasteiger partial charge is 0.178 e. The molecular formula is C16H19N7O. The highest BCUT2D eigenvalue weighted by Gasteiger charge is 2.33. The van der Waals surface area contributed by atoms with Gasteiger partial charge in [-0.3, -0.25) is 4.90 Å². The van der Waals surface area contributed by atoms with Crippen LogP contribution in [0.5, 0.6) is 0 Å². The van der Waals surface area contributed by atoms with Gasteiger partial charge in [-0.25, -0.2) is 0 Å². The summed E-state index contributed by atoms with van der Waals surface area (Å²) in [7, 11) is 2.14. The van der Waals surface area contributed by atoms with Crippen LogP contribution in [0.1, 0.15) is 30.1 Å². The highest BCUT2D eigenvalue weighted by atomic mass is 16.5. The van der Waals surface area contributed by atoms with E-state index >= 15 is 0 Å². The third kappa shape index (κ3) is 2.34. The van der Waals surface area contributed by atoms with Gasteiger partial charge in [0.05, 0.1) is 6.20 Å². The van der Waals surface area contributed by atoms with Gasteiger partial charge in [0.25, 0.3) is 0 Å². The summed E-state index contributed by atoms with van der Waals surface area (Å²) in [5.74, 6) is 2.55. The number of rotatable bonds is 5. The first-order valence-corrected chi connectivity index (χ1v) is 8.34. The molecule has 4 heterocycles. The van der Waals surface area contributed by atoms with E-state index in [1.54, 1.807) is 12.5 Å². The molecule has 0 radical (unpaired) electrons. The number of anilines is 1. The Labute approximate surface area is 139 Å². The fraction of sp³-hybridized carbons (Fsp3) is 0.500. The van der Waals surface area contributed by atoms with E-state index in [4.69, 9.17) is 9.62 Å². The first kappa shape index (κ1) is 13.9. The molecule has 1 aliphatic carbocycles. The monoisotopic (exact) mass is 325 g/mol. The van der Waals surface area contributed by atoms with Crippen LogP contribution >= 0.6 is 0 Å². The SMILES string of the molecule is CN(Cc1cnoc1)C1CN(c2ccc3nnc(C4CC4)n3n2)C1. The van der Waals surface area contributed by atoms with E-state index < -0.39 is 0 Å². The summed E-state index contributed by atoms with van der Waals surface area (Å²) in [6.07, 6.45) is 5.88. The van der Waals surface area contributed by atoms with Crippen LogP contribution in [0, 0.1) is 0 Å². The molecule has 3 aromatic heterocycles. The van der Waals surface area contributed by atoms with Crippen molar-refractivity contribution in [3.63, 3.8) is 0 Å². The van der Waals surface area contributed by atoms with E-state index in [0.29, 0.717) is 12.0 Å². The Hall–Kier alpha value is -2.48. The Kier molecular flexibility index (Phi) is 3.05. The lowest BCUT2D eigenvalue weighted by atomic mass is 10.1. The second-order valence-electron chi connectivity index (χ2n) is 6.80. The number of hydrogen-bond donors (Lipinski definition) is 0. The molecule has 0 N–H and O–H groups in total. The van der Waals surface area contributed by atoms with Crippen molar-refractivity contribution in [2.24, 2.45) is 0 Å². The van der Waals surface area contributed by atoms with Gasteiger partial charge in [0, 0.05) is 37.2 Å². The number of hydrogen-bond acceptors (Lipinski definition) is 7. The molecule has 1 saturated carbocycles. The molecule has 0 bridgehead atoms. The molecule has 0 aromatic carbocycles. The molecule has 2 aliphatic rings. The van der Waals surface area contributed by atoms with E-state index in [9.17, 15) is 0 Å². The number of nitrogens with zero attached hydrogens (tertiary/aromatic N) is 7. The highest BCUT2D eigenvalue weighted by Crippen LogP contribution is 2.38. The van der Waals surface area contributed by atoms with Gasteiger partial charge >= 0.3 is 0 Å². The maximum absolute atomic E-state index is 4.89. The van der Waals surface area contributed by atoms with E-state index in [0.717, 1.165) is 42.5 Å². The van der Waals surface area contributed by atoms with Crippen molar-refractivity contribution in [2.45, 2.75) is 31.3 Å². The summed E-state index contributed by atoms with van der Waals surface area (Å²) in [5, 5.41) is 17.0. The lowest BCUT2D eigenvalue weighted by molar-refractivity contribution is 0.196. The molecule has 5 rings (SSSR count). The largest absolute Gasteiger partial charge is 0.364 e. The molecule has 0 amide bonds. The minimum Gasteiger partial charge on any atom is -0.364 e. The minimum atomic E-state index is 0.515. The summed E-state index contributed by atoms with van der Waals surface area (Å²) < 4.78 is 6.81. The fourth-order valence-electron chi connectivity index (χ4n) is 3.20. The molecule has 0 atom stereocenters. The molecule has 2 fully saturated rings. The lowest BCUT2D eigenvalue weighted by Crippen LogP contribution is -2.58. The van der Waals surface area contributed by atoms with Crippen molar-refractivity contribution >= 4 is 11.5 Å². The number of aromatic nitrogens is 5. The first-order chi connectivity index (χ1) is 11.8. The predicted octanol–water partition coefficient (Wildman–Crippen LogP) is 1.31. The Morgan fingerprint density at radius 3 is 2.88 bits per heavy atom. The third-order valence-electron chi connectivity index (χ3n) is 4.94. The Bertz CT molecular complexity index is 849. The summed E-state index contributed by atoms with van der Waals surface area (Å²) in [6, 6.07) is 4.56. The van der Waals surface area contributed by atoms with Crippen LogP contribution < -0.4 is 4.90 Å². The van der Waals surface area contributed by atoms with E-state index in [1.165, 1.54) is 12.8 Å². The van der Waals surface area contributed by atoms with Crippen molar-refractivity contribution < 1.29 is 4.52 Å². The van der Waals surface area contributed by atoms with Crippen molar-refractivity contribution in [3.8, 4) is 0 Å². The van der Waals surface area contributed by atoms with Crippen molar-refractivity contribution in [1.29, 1.82) is 0 Å². The van der Waals surface area contributed by atoms with E-state index in [-0.39, 0.29) is 0 Å². The van der Waals surface area contributed by atoms with E-state index in [2.05, 4.69) is 32.2 Å². The minimum absolute atomic E-state index is 0.515. The Morgan fingerprint density at radius 2 is 2.12 bits per heavy atom. The average molecular weight is 325 g/mol. The standard InChI is InChI=1S/C16H19N7O/c1-21(7-11-6-17-24-10-11)13-8-22(9-13)15-5-4-14-18-19-16(12-2-3-12)23(14)20-15/h4-6,10,12-13H,2-3,7-9H2,1H3. The molecule has 24 heavy (non-hydrogen) atoms. The summed E-state index contributed by atoms with van der Waals surface area (Å²) in [5.41, 5.74) is 1.94. The van der Waals surface area contributed by atoms with Crippen LogP contribution in [0.3, 0.4) is 0 Å². The van der Waals surface area contributed by atoms with Crippen LogP contribution in [0.15, 0.2) is 29.1 Å². The number of fused-ring (bicyclic) bond motifs is 1. The van der Waals surface area contributed by atoms with Crippen LogP contribution in [0.4, 0.5) is 5.82 Å². The van der Waals surface area contributed by atoms with E-state index in [1.807, 2.05) is 16.6 Å². The third-order valence-corrected chi connectivity index (χ3v) is 4.94. The maximum Gasteiger partial charge on any atom is 0.178 e. The highest BCUT2D eigenvalue weighted by molar-refractivity contribution is 5.48. The van der Waals surface area contributed by atoms with Gasteiger partial charge in [0.1, 0.15) is 12.1 Å². The number of likely N-dealkylation sites (N-methyl/N-ethyl adjacent to an activating group) is 1. The van der Waals surface area contributed by atoms with Crippen molar-refractivity contribution in [3.05, 3.63) is 36.0 Å². The summed E-state index contributed by atoms with van der Waals surface area (Å²) >= 11 is 0. The average Bonchev–Trinajstić information content (AvgIpc) is 3.08. The maximum atomic E-state index is 4.89. The van der Waals surface area contributed by atoms with Crippen LogP contribution in [-0.4, -0.2) is 56.0 Å². The van der Waals surface area contributed by atoms with Gasteiger partial charge in [-0.1, -0.05) is 5.16 Å². The zero-order valence-electron chi connectivity index (χ0n) is 13.5. The Morgan fingerprint density at radius 1 is 1.25 bits per heavy atom. The van der Waals surface area contributed by atoms with Crippen LogP contribution in [0.25, 0.3) is 5.65 Å². The predicted molar refractivity (Wildman–Crippen MR) is 86.7 cm³/mol. The van der Waals surface area contributed by atoms with Gasteiger partial charge < -0.3 is 9.42 Å². The van der Waals surface area contributed by atoms with Crippen molar-refractivity contribution in [1.82, 2.24) is 29.9 Å². The molecule has 0 spiro atoms. The zero-order valence-corrected chi connectivity index (χ0v) is 13.5. The molecule has 1 saturated heterocycles. The first-order valence-electron chi connectivity index (χ1n) is 8.34.